The summed E-state index contributed by atoms with van der Waals surface area (Å²) in [5.74, 6) is 0.108. The molecule has 0 fully saturated rings. The van der Waals surface area contributed by atoms with Gasteiger partial charge in [0.15, 0.2) is 0 Å². The summed E-state index contributed by atoms with van der Waals surface area (Å²) in [5.41, 5.74) is 4.42. The lowest BCUT2D eigenvalue weighted by Gasteiger charge is -2.23. The maximum atomic E-state index is 12.3. The molecule has 154 valence electrons. The number of nitrogens with zero attached hydrogens (tertiary/aromatic N) is 2. The monoisotopic (exact) mass is 415 g/mol. The molecule has 2 aromatic carbocycles. The number of aryl methyl sites for hydroxylation is 1. The van der Waals surface area contributed by atoms with Gasteiger partial charge in [-0.15, -0.1) is 0 Å². The number of hydrazone groups is 1. The van der Waals surface area contributed by atoms with Gasteiger partial charge in [0, 0.05) is 0 Å². The molecule has 8 heteroatoms. The van der Waals surface area contributed by atoms with Crippen LogP contribution in [-0.4, -0.2) is 39.9 Å². The molecule has 0 atom stereocenters. The van der Waals surface area contributed by atoms with E-state index in [2.05, 4.69) is 17.1 Å². The number of hydrogen-bond acceptors (Lipinski definition) is 5. The standard InChI is InChI=1S/C21H25N3O4S/c1-4-13-28-19-11-8-9-17(14-19)15-22-23-21(25)16-24(29(3,26)27)20-12-7-6-10-18(20)5-2/h4,6-12,14-15H,1,5,13,16H2,2-3H3,(H,23,25)/b22-15-. The van der Waals surface area contributed by atoms with Crippen LogP contribution < -0.4 is 14.5 Å². The molecule has 0 aliphatic heterocycles. The van der Waals surface area contributed by atoms with Crippen LogP contribution in [0.15, 0.2) is 66.3 Å². The zero-order valence-electron chi connectivity index (χ0n) is 16.5. The van der Waals surface area contributed by atoms with E-state index in [0.29, 0.717) is 24.5 Å². The lowest BCUT2D eigenvalue weighted by molar-refractivity contribution is -0.119. The van der Waals surface area contributed by atoms with Gasteiger partial charge >= 0.3 is 0 Å². The summed E-state index contributed by atoms with van der Waals surface area (Å²) >= 11 is 0. The number of carbonyl (C=O) groups excluding carboxylic acids is 1. The molecule has 0 saturated heterocycles. The van der Waals surface area contributed by atoms with Gasteiger partial charge in [0.1, 0.15) is 18.9 Å². The van der Waals surface area contributed by atoms with Gasteiger partial charge in [-0.25, -0.2) is 13.8 Å². The normalized spacial score (nSPS) is 11.2. The van der Waals surface area contributed by atoms with E-state index in [-0.39, 0.29) is 6.54 Å². The third-order valence-corrected chi connectivity index (χ3v) is 5.08. The minimum Gasteiger partial charge on any atom is -0.490 e. The van der Waals surface area contributed by atoms with Gasteiger partial charge in [0.05, 0.1) is 18.2 Å². The maximum Gasteiger partial charge on any atom is 0.260 e. The molecule has 0 aliphatic carbocycles. The fraction of sp³-hybridized carbons (Fsp3) is 0.238. The Morgan fingerprint density at radius 3 is 2.69 bits per heavy atom. The van der Waals surface area contributed by atoms with Gasteiger partial charge in [-0.2, -0.15) is 5.10 Å². The molecular weight excluding hydrogens is 390 g/mol. The number of sulfonamides is 1. The van der Waals surface area contributed by atoms with E-state index < -0.39 is 15.9 Å². The Morgan fingerprint density at radius 2 is 2.00 bits per heavy atom. The second kappa shape index (κ2) is 10.4. The van der Waals surface area contributed by atoms with E-state index in [4.69, 9.17) is 4.74 Å². The highest BCUT2D eigenvalue weighted by Crippen LogP contribution is 2.23. The van der Waals surface area contributed by atoms with E-state index in [1.807, 2.05) is 19.1 Å². The largest absolute Gasteiger partial charge is 0.490 e. The third-order valence-electron chi connectivity index (χ3n) is 3.96. The smallest absolute Gasteiger partial charge is 0.260 e. The van der Waals surface area contributed by atoms with Gasteiger partial charge in [-0.1, -0.05) is 49.9 Å². The summed E-state index contributed by atoms with van der Waals surface area (Å²) in [6.45, 7) is 5.54. The first-order valence-corrected chi connectivity index (χ1v) is 10.9. The fourth-order valence-electron chi connectivity index (χ4n) is 2.62. The molecule has 7 nitrogen and oxygen atoms in total. The van der Waals surface area contributed by atoms with Crippen LogP contribution in [0.1, 0.15) is 18.1 Å². The van der Waals surface area contributed by atoms with Crippen LogP contribution in [0, 0.1) is 0 Å². The van der Waals surface area contributed by atoms with E-state index >= 15 is 0 Å². The lowest BCUT2D eigenvalue weighted by atomic mass is 10.1. The van der Waals surface area contributed by atoms with Gasteiger partial charge in [0.2, 0.25) is 10.0 Å². The Hall–Kier alpha value is -3.13. The Labute approximate surface area is 171 Å². The number of carbonyl (C=O) groups is 1. The van der Waals surface area contributed by atoms with Crippen LogP contribution in [-0.2, 0) is 21.2 Å². The number of nitrogens with one attached hydrogen (secondary N) is 1. The number of hydrogen-bond donors (Lipinski definition) is 1. The molecule has 0 aliphatic rings. The molecule has 1 N–H and O–H groups in total. The lowest BCUT2D eigenvalue weighted by Crippen LogP contribution is -2.39. The first kappa shape index (κ1) is 22.2. The molecular formula is C21H25N3O4S. The van der Waals surface area contributed by atoms with Crippen molar-refractivity contribution in [3.05, 3.63) is 72.3 Å². The predicted octanol–water partition coefficient (Wildman–Crippen LogP) is 2.73. The number of benzene rings is 2. The Bertz CT molecular complexity index is 987. The van der Waals surface area contributed by atoms with Crippen molar-refractivity contribution in [1.29, 1.82) is 0 Å². The summed E-state index contributed by atoms with van der Waals surface area (Å²) in [6.07, 6.45) is 4.83. The third kappa shape index (κ3) is 6.76. The second-order valence-corrected chi connectivity index (χ2v) is 8.12. The zero-order valence-corrected chi connectivity index (χ0v) is 17.4. The first-order valence-electron chi connectivity index (χ1n) is 9.06. The van der Waals surface area contributed by atoms with E-state index in [0.717, 1.165) is 21.7 Å². The Kier molecular flexibility index (Phi) is 7.97. The minimum absolute atomic E-state index is 0.365. The average molecular weight is 416 g/mol. The van der Waals surface area contributed by atoms with Gasteiger partial charge in [-0.05, 0) is 35.7 Å². The maximum absolute atomic E-state index is 12.3. The average Bonchev–Trinajstić information content (AvgIpc) is 2.70. The van der Waals surface area contributed by atoms with Gasteiger partial charge in [0.25, 0.3) is 5.91 Å². The molecule has 0 radical (unpaired) electrons. The van der Waals surface area contributed by atoms with E-state index in [9.17, 15) is 13.2 Å². The number of amides is 1. The van der Waals surface area contributed by atoms with Crippen LogP contribution in [0.2, 0.25) is 0 Å². The Morgan fingerprint density at radius 1 is 1.24 bits per heavy atom. The molecule has 2 rings (SSSR count). The van der Waals surface area contributed by atoms with Crippen molar-refractivity contribution in [3.63, 3.8) is 0 Å². The summed E-state index contributed by atoms with van der Waals surface area (Å²) in [5, 5.41) is 3.91. The molecule has 0 aromatic heterocycles. The summed E-state index contributed by atoms with van der Waals surface area (Å²) in [4.78, 5) is 12.3. The molecule has 29 heavy (non-hydrogen) atoms. The molecule has 0 saturated carbocycles. The predicted molar refractivity (Wildman–Crippen MR) is 116 cm³/mol. The molecule has 0 bridgehead atoms. The highest BCUT2D eigenvalue weighted by Gasteiger charge is 2.22. The summed E-state index contributed by atoms with van der Waals surface area (Å²) in [7, 11) is -3.64. The van der Waals surface area contributed by atoms with Crippen LogP contribution in [0.3, 0.4) is 0 Å². The first-order chi connectivity index (χ1) is 13.8. The molecule has 1 amide bonds. The number of rotatable bonds is 10. The van der Waals surface area contributed by atoms with Crippen molar-refractivity contribution in [3.8, 4) is 5.75 Å². The molecule has 2 aromatic rings. The highest BCUT2D eigenvalue weighted by molar-refractivity contribution is 7.92. The van der Waals surface area contributed by atoms with Crippen molar-refractivity contribution in [1.82, 2.24) is 5.43 Å². The van der Waals surface area contributed by atoms with E-state index in [1.54, 1.807) is 42.5 Å². The summed E-state index contributed by atoms with van der Waals surface area (Å²) in [6, 6.07) is 14.3. The minimum atomic E-state index is -3.64. The SMILES string of the molecule is C=CCOc1cccc(/C=N\NC(=O)CN(c2ccccc2CC)S(C)(=O)=O)c1. The van der Waals surface area contributed by atoms with Crippen molar-refractivity contribution in [2.24, 2.45) is 5.10 Å². The number of para-hydroxylation sites is 1. The van der Waals surface area contributed by atoms with Crippen LogP contribution in [0.4, 0.5) is 5.69 Å². The Balaban J connectivity index is 2.07. The number of ether oxygens (including phenoxy) is 1. The van der Waals surface area contributed by atoms with Crippen LogP contribution >= 0.6 is 0 Å². The number of anilines is 1. The summed E-state index contributed by atoms with van der Waals surface area (Å²) < 4.78 is 31.0. The van der Waals surface area contributed by atoms with Crippen molar-refractivity contribution < 1.29 is 17.9 Å². The molecule has 0 spiro atoms. The van der Waals surface area contributed by atoms with Gasteiger partial charge < -0.3 is 4.74 Å². The zero-order chi connectivity index (χ0) is 21.3. The second-order valence-electron chi connectivity index (χ2n) is 6.22. The van der Waals surface area contributed by atoms with E-state index in [1.165, 1.54) is 6.21 Å². The quantitative estimate of drug-likeness (QED) is 0.367. The van der Waals surface area contributed by atoms with Gasteiger partial charge in [-0.3, -0.25) is 9.10 Å². The highest BCUT2D eigenvalue weighted by atomic mass is 32.2. The molecule has 0 heterocycles. The fourth-order valence-corrected chi connectivity index (χ4v) is 3.51. The van der Waals surface area contributed by atoms with Crippen molar-refractivity contribution in [2.75, 3.05) is 23.7 Å². The molecule has 0 unspecified atom stereocenters. The van der Waals surface area contributed by atoms with Crippen LogP contribution in [0.25, 0.3) is 0 Å². The topological polar surface area (TPSA) is 88.1 Å². The van der Waals surface area contributed by atoms with Crippen molar-refractivity contribution in [2.45, 2.75) is 13.3 Å². The van der Waals surface area contributed by atoms with Crippen molar-refractivity contribution >= 4 is 27.8 Å². The van der Waals surface area contributed by atoms with Crippen LogP contribution in [0.5, 0.6) is 5.75 Å².